The molecule has 1 N–H and O–H groups in total. The van der Waals surface area contributed by atoms with Crippen LogP contribution in [0.3, 0.4) is 0 Å². The molecule has 0 bridgehead atoms. The predicted molar refractivity (Wildman–Crippen MR) is 81.4 cm³/mol. The Morgan fingerprint density at radius 2 is 1.95 bits per heavy atom. The molecular weight excluding hydrogens is 284 g/mol. The highest BCUT2D eigenvalue weighted by Gasteiger charge is 2.22. The normalized spacial score (nSPS) is 10.6. The molecule has 6 nitrogen and oxygen atoms in total. The monoisotopic (exact) mass is 296 g/mol. The maximum Gasteiger partial charge on any atom is 0.280 e. The number of carbonyl (C=O) groups excluding carboxylic acids is 1. The maximum atomic E-state index is 12.7. The number of aromatic nitrogens is 1. The number of aromatic amines is 1. The van der Waals surface area contributed by atoms with Crippen LogP contribution in [-0.2, 0) is 0 Å². The van der Waals surface area contributed by atoms with E-state index in [0.717, 1.165) is 5.52 Å². The fourth-order valence-corrected chi connectivity index (χ4v) is 2.38. The molecule has 0 atom stereocenters. The number of ether oxygens (including phenoxy) is 1. The first kappa shape index (κ1) is 13.8. The number of fused-ring (bicyclic) bond motifs is 1. The topological polar surface area (TPSA) is 85.2 Å². The molecule has 0 aliphatic heterocycles. The minimum atomic E-state index is -0.553. The van der Waals surface area contributed by atoms with E-state index in [4.69, 9.17) is 4.74 Å². The lowest BCUT2D eigenvalue weighted by Crippen LogP contribution is -2.04. The number of ketones is 1. The minimum absolute atomic E-state index is 0.0659. The van der Waals surface area contributed by atoms with E-state index in [9.17, 15) is 14.9 Å². The summed E-state index contributed by atoms with van der Waals surface area (Å²) in [4.78, 5) is 26.2. The Kier molecular flexibility index (Phi) is 3.34. The van der Waals surface area contributed by atoms with Gasteiger partial charge in [-0.2, -0.15) is 0 Å². The zero-order chi connectivity index (χ0) is 15.7. The third-order valence-electron chi connectivity index (χ3n) is 3.48. The standard InChI is InChI=1S/C16H12N2O4/c1-22-10-6-7-14-12(8-10)13(9-17-14)16(19)11-4-2-3-5-15(11)18(20)21/h2-9,17H,1H3. The molecule has 6 heteroatoms. The van der Waals surface area contributed by atoms with E-state index in [1.54, 1.807) is 30.5 Å². The van der Waals surface area contributed by atoms with Crippen LogP contribution in [0.2, 0.25) is 0 Å². The lowest BCUT2D eigenvalue weighted by Gasteiger charge is -2.03. The van der Waals surface area contributed by atoms with Gasteiger partial charge in [-0.25, -0.2) is 0 Å². The van der Waals surface area contributed by atoms with Crippen LogP contribution in [0.5, 0.6) is 5.75 Å². The zero-order valence-electron chi connectivity index (χ0n) is 11.7. The van der Waals surface area contributed by atoms with E-state index >= 15 is 0 Å². The number of nitro benzene ring substituents is 1. The number of hydrogen-bond acceptors (Lipinski definition) is 4. The van der Waals surface area contributed by atoms with E-state index in [-0.39, 0.29) is 11.3 Å². The molecule has 0 spiro atoms. The van der Waals surface area contributed by atoms with E-state index in [2.05, 4.69) is 4.98 Å². The predicted octanol–water partition coefficient (Wildman–Crippen LogP) is 3.32. The second-order valence-corrected chi connectivity index (χ2v) is 4.72. The highest BCUT2D eigenvalue weighted by atomic mass is 16.6. The van der Waals surface area contributed by atoms with Crippen LogP contribution >= 0.6 is 0 Å². The van der Waals surface area contributed by atoms with Crippen LogP contribution in [0, 0.1) is 10.1 Å². The molecule has 0 amide bonds. The van der Waals surface area contributed by atoms with Crippen molar-refractivity contribution in [1.82, 2.24) is 4.98 Å². The number of benzene rings is 2. The van der Waals surface area contributed by atoms with Crippen molar-refractivity contribution >= 4 is 22.4 Å². The molecule has 1 heterocycles. The average molecular weight is 296 g/mol. The van der Waals surface area contributed by atoms with Crippen molar-refractivity contribution in [2.24, 2.45) is 0 Å². The first-order chi connectivity index (χ1) is 10.6. The fraction of sp³-hybridized carbons (Fsp3) is 0.0625. The molecule has 3 aromatic rings. The van der Waals surface area contributed by atoms with Gasteiger partial charge in [0.2, 0.25) is 5.78 Å². The molecule has 0 fully saturated rings. The van der Waals surface area contributed by atoms with Crippen LogP contribution in [-0.4, -0.2) is 22.8 Å². The average Bonchev–Trinajstić information content (AvgIpc) is 2.97. The first-order valence-corrected chi connectivity index (χ1v) is 6.55. The van der Waals surface area contributed by atoms with Gasteiger partial charge in [-0.05, 0) is 24.3 Å². The van der Waals surface area contributed by atoms with E-state index in [1.807, 2.05) is 0 Å². The second-order valence-electron chi connectivity index (χ2n) is 4.72. The quantitative estimate of drug-likeness (QED) is 0.454. The van der Waals surface area contributed by atoms with Gasteiger partial charge in [-0.1, -0.05) is 12.1 Å². The lowest BCUT2D eigenvalue weighted by molar-refractivity contribution is -0.385. The smallest absolute Gasteiger partial charge is 0.280 e. The summed E-state index contributed by atoms with van der Waals surface area (Å²) >= 11 is 0. The van der Waals surface area contributed by atoms with Crippen LogP contribution in [0.15, 0.2) is 48.7 Å². The molecule has 0 unspecified atom stereocenters. The van der Waals surface area contributed by atoms with Crippen molar-refractivity contribution in [1.29, 1.82) is 0 Å². The molecule has 22 heavy (non-hydrogen) atoms. The number of rotatable bonds is 4. The van der Waals surface area contributed by atoms with Crippen molar-refractivity contribution in [3.63, 3.8) is 0 Å². The van der Waals surface area contributed by atoms with Gasteiger partial charge in [0.1, 0.15) is 11.3 Å². The molecule has 2 aromatic carbocycles. The van der Waals surface area contributed by atoms with Crippen molar-refractivity contribution in [3.05, 3.63) is 69.9 Å². The third kappa shape index (κ3) is 2.20. The van der Waals surface area contributed by atoms with Gasteiger partial charge in [0, 0.05) is 28.7 Å². The Hall–Kier alpha value is -3.15. The summed E-state index contributed by atoms with van der Waals surface area (Å²) in [5.74, 6) is 0.218. The van der Waals surface area contributed by atoms with Crippen LogP contribution in [0.25, 0.3) is 10.9 Å². The SMILES string of the molecule is COc1ccc2[nH]cc(C(=O)c3ccccc3[N+](=O)[O-])c2c1. The number of nitrogens with one attached hydrogen (secondary N) is 1. The number of carbonyl (C=O) groups is 1. The van der Waals surface area contributed by atoms with Crippen molar-refractivity contribution in [3.8, 4) is 5.75 Å². The minimum Gasteiger partial charge on any atom is -0.497 e. The largest absolute Gasteiger partial charge is 0.497 e. The molecule has 0 aliphatic rings. The summed E-state index contributed by atoms with van der Waals surface area (Å²) in [6, 6.07) is 11.2. The lowest BCUT2D eigenvalue weighted by atomic mass is 10.0. The van der Waals surface area contributed by atoms with Gasteiger partial charge in [-0.15, -0.1) is 0 Å². The van der Waals surface area contributed by atoms with Gasteiger partial charge >= 0.3 is 0 Å². The van der Waals surface area contributed by atoms with Crippen molar-refractivity contribution < 1.29 is 14.5 Å². The number of para-hydroxylation sites is 1. The van der Waals surface area contributed by atoms with Crippen LogP contribution in [0.4, 0.5) is 5.69 Å². The Labute approximate surface area is 125 Å². The summed E-state index contributed by atoms with van der Waals surface area (Å²) < 4.78 is 5.16. The number of H-pyrrole nitrogens is 1. The molecule has 110 valence electrons. The molecular formula is C16H12N2O4. The molecule has 3 rings (SSSR count). The molecule has 0 saturated heterocycles. The number of nitro groups is 1. The third-order valence-corrected chi connectivity index (χ3v) is 3.48. The van der Waals surface area contributed by atoms with Gasteiger partial charge in [0.05, 0.1) is 12.0 Å². The molecule has 0 aliphatic carbocycles. The first-order valence-electron chi connectivity index (χ1n) is 6.55. The Morgan fingerprint density at radius 1 is 1.18 bits per heavy atom. The van der Waals surface area contributed by atoms with Crippen LogP contribution in [0.1, 0.15) is 15.9 Å². The summed E-state index contributed by atoms with van der Waals surface area (Å²) in [6.45, 7) is 0. The van der Waals surface area contributed by atoms with Gasteiger partial charge in [0.15, 0.2) is 0 Å². The second kappa shape index (κ2) is 5.33. The molecule has 0 saturated carbocycles. The number of hydrogen-bond donors (Lipinski definition) is 1. The highest BCUT2D eigenvalue weighted by Crippen LogP contribution is 2.28. The summed E-state index contributed by atoms with van der Waals surface area (Å²) in [6.07, 6.45) is 1.56. The maximum absolute atomic E-state index is 12.7. The Bertz CT molecular complexity index is 883. The number of nitrogens with zero attached hydrogens (tertiary/aromatic N) is 1. The van der Waals surface area contributed by atoms with Gasteiger partial charge in [0.25, 0.3) is 5.69 Å². The van der Waals surface area contributed by atoms with E-state index < -0.39 is 10.7 Å². The summed E-state index contributed by atoms with van der Waals surface area (Å²) in [5, 5.41) is 11.8. The summed E-state index contributed by atoms with van der Waals surface area (Å²) in [7, 11) is 1.54. The summed E-state index contributed by atoms with van der Waals surface area (Å²) in [5.41, 5.74) is 1.01. The van der Waals surface area contributed by atoms with E-state index in [0.29, 0.717) is 16.7 Å². The molecule has 1 aromatic heterocycles. The highest BCUT2D eigenvalue weighted by molar-refractivity contribution is 6.18. The van der Waals surface area contributed by atoms with Crippen molar-refractivity contribution in [2.45, 2.75) is 0 Å². The zero-order valence-corrected chi connectivity index (χ0v) is 11.7. The fourth-order valence-electron chi connectivity index (χ4n) is 2.38. The molecule has 0 radical (unpaired) electrons. The van der Waals surface area contributed by atoms with Crippen LogP contribution < -0.4 is 4.74 Å². The van der Waals surface area contributed by atoms with Gasteiger partial charge in [-0.3, -0.25) is 14.9 Å². The Balaban J connectivity index is 2.16. The number of methoxy groups -OCH3 is 1. The van der Waals surface area contributed by atoms with Gasteiger partial charge < -0.3 is 9.72 Å². The van der Waals surface area contributed by atoms with Crippen molar-refractivity contribution in [2.75, 3.05) is 7.11 Å². The Morgan fingerprint density at radius 3 is 2.68 bits per heavy atom. The van der Waals surface area contributed by atoms with E-state index in [1.165, 1.54) is 25.3 Å².